The molecule has 2 amide bonds. The van der Waals surface area contributed by atoms with Gasteiger partial charge in [0.15, 0.2) is 0 Å². The number of aliphatic hydroxyl groups is 1. The van der Waals surface area contributed by atoms with Gasteiger partial charge in [0, 0.05) is 56.2 Å². The summed E-state index contributed by atoms with van der Waals surface area (Å²) in [6, 6.07) is 16.3. The maximum absolute atomic E-state index is 12.4. The van der Waals surface area contributed by atoms with E-state index in [0.29, 0.717) is 26.1 Å². The lowest BCUT2D eigenvalue weighted by Crippen LogP contribution is -2.42. The van der Waals surface area contributed by atoms with Crippen molar-refractivity contribution in [2.45, 2.75) is 45.3 Å². The maximum Gasteiger partial charge on any atom is 0.225 e. The van der Waals surface area contributed by atoms with Gasteiger partial charge in [0.05, 0.1) is 11.5 Å². The number of hydrogen-bond acceptors (Lipinski definition) is 5. The number of nitrogens with zero attached hydrogens (tertiary/aromatic N) is 2. The Bertz CT molecular complexity index is 962. The molecule has 1 atom stereocenters. The fourth-order valence-electron chi connectivity index (χ4n) is 4.46. The molecule has 0 spiro atoms. The van der Waals surface area contributed by atoms with Gasteiger partial charge in [0.2, 0.25) is 11.8 Å². The second-order valence-electron chi connectivity index (χ2n) is 9.40. The quantitative estimate of drug-likeness (QED) is 0.603. The van der Waals surface area contributed by atoms with Crippen LogP contribution in [-0.4, -0.2) is 53.6 Å². The van der Waals surface area contributed by atoms with Crippen molar-refractivity contribution in [3.8, 4) is 0 Å². The topological polar surface area (TPSA) is 84.9 Å². The normalized spacial score (nSPS) is 20.1. The molecule has 7 nitrogen and oxygen atoms in total. The Kier molecular flexibility index (Phi) is 6.88. The van der Waals surface area contributed by atoms with E-state index in [-0.39, 0.29) is 17.7 Å². The average Bonchev–Trinajstić information content (AvgIpc) is 3.20. The van der Waals surface area contributed by atoms with Crippen LogP contribution in [0.2, 0.25) is 0 Å². The van der Waals surface area contributed by atoms with Crippen molar-refractivity contribution in [2.75, 3.05) is 36.4 Å². The predicted octanol–water partition coefficient (Wildman–Crippen LogP) is 3.27. The van der Waals surface area contributed by atoms with E-state index in [0.717, 1.165) is 42.9 Å². The molecule has 0 aliphatic carbocycles. The van der Waals surface area contributed by atoms with Crippen molar-refractivity contribution in [1.29, 1.82) is 0 Å². The number of benzene rings is 2. The van der Waals surface area contributed by atoms with Gasteiger partial charge < -0.3 is 25.5 Å². The van der Waals surface area contributed by atoms with Gasteiger partial charge in [-0.3, -0.25) is 9.59 Å². The standard InChI is InChI=1S/C26H34N4O3/c1-3-29-18-20(16-24(29)31)25(32)27-17-19-4-6-21(7-5-19)28-22-8-10-23(11-9-22)30-14-12-26(2,33)13-15-30/h4-11,20,28,33H,3,12-18H2,1-2H3,(H,27,32). The van der Waals surface area contributed by atoms with Gasteiger partial charge in [0.25, 0.3) is 0 Å². The average molecular weight is 451 g/mol. The van der Waals surface area contributed by atoms with E-state index in [1.807, 2.05) is 38.1 Å². The Morgan fingerprint density at radius 2 is 1.67 bits per heavy atom. The first-order chi connectivity index (χ1) is 15.8. The highest BCUT2D eigenvalue weighted by Crippen LogP contribution is 2.27. The molecule has 2 aromatic carbocycles. The van der Waals surface area contributed by atoms with E-state index in [1.54, 1.807) is 4.90 Å². The third kappa shape index (κ3) is 5.85. The minimum atomic E-state index is -0.543. The molecular weight excluding hydrogens is 416 g/mol. The van der Waals surface area contributed by atoms with Crippen LogP contribution in [0, 0.1) is 5.92 Å². The van der Waals surface area contributed by atoms with Crippen molar-refractivity contribution >= 4 is 28.9 Å². The third-order valence-corrected chi connectivity index (χ3v) is 6.75. The lowest BCUT2D eigenvalue weighted by molar-refractivity contribution is -0.128. The van der Waals surface area contributed by atoms with Gasteiger partial charge in [-0.05, 0) is 68.7 Å². The summed E-state index contributed by atoms with van der Waals surface area (Å²) in [4.78, 5) is 28.3. The zero-order valence-electron chi connectivity index (χ0n) is 19.5. The Morgan fingerprint density at radius 3 is 2.24 bits per heavy atom. The summed E-state index contributed by atoms with van der Waals surface area (Å²) in [6.07, 6.45) is 1.88. The van der Waals surface area contributed by atoms with Gasteiger partial charge in [-0.1, -0.05) is 12.1 Å². The molecule has 176 valence electrons. The fourth-order valence-corrected chi connectivity index (χ4v) is 4.46. The molecule has 2 aliphatic heterocycles. The number of anilines is 3. The number of hydrogen-bond donors (Lipinski definition) is 3. The molecule has 2 aromatic rings. The van der Waals surface area contributed by atoms with E-state index in [2.05, 4.69) is 39.8 Å². The van der Waals surface area contributed by atoms with E-state index >= 15 is 0 Å². The molecule has 2 aliphatic rings. The molecule has 3 N–H and O–H groups in total. The van der Waals surface area contributed by atoms with E-state index in [9.17, 15) is 14.7 Å². The molecule has 2 heterocycles. The highest BCUT2D eigenvalue weighted by Gasteiger charge is 2.33. The van der Waals surface area contributed by atoms with Crippen LogP contribution >= 0.6 is 0 Å². The molecule has 0 aromatic heterocycles. The van der Waals surface area contributed by atoms with Crippen molar-refractivity contribution in [1.82, 2.24) is 10.2 Å². The van der Waals surface area contributed by atoms with Gasteiger partial charge in [-0.2, -0.15) is 0 Å². The van der Waals surface area contributed by atoms with E-state index < -0.39 is 5.60 Å². The summed E-state index contributed by atoms with van der Waals surface area (Å²) in [5.41, 5.74) is 3.63. The minimum Gasteiger partial charge on any atom is -0.390 e. The van der Waals surface area contributed by atoms with Crippen molar-refractivity contribution in [2.24, 2.45) is 5.92 Å². The summed E-state index contributed by atoms with van der Waals surface area (Å²) in [5.74, 6) is -0.247. The molecule has 2 fully saturated rings. The number of piperidine rings is 1. The summed E-state index contributed by atoms with van der Waals surface area (Å²) in [7, 11) is 0. The first-order valence-corrected chi connectivity index (χ1v) is 11.8. The summed E-state index contributed by atoms with van der Waals surface area (Å²) in [6.45, 7) is 7.20. The zero-order valence-corrected chi connectivity index (χ0v) is 19.5. The number of amides is 2. The van der Waals surface area contributed by atoms with Crippen LogP contribution in [-0.2, 0) is 16.1 Å². The molecule has 0 bridgehead atoms. The first kappa shape index (κ1) is 23.1. The molecule has 0 saturated carbocycles. The number of carbonyl (C=O) groups excluding carboxylic acids is 2. The Balaban J connectivity index is 1.26. The zero-order chi connectivity index (χ0) is 23.4. The van der Waals surface area contributed by atoms with Gasteiger partial charge in [0.1, 0.15) is 0 Å². The summed E-state index contributed by atoms with van der Waals surface area (Å²) in [5, 5.41) is 16.5. The largest absolute Gasteiger partial charge is 0.390 e. The Labute approximate surface area is 195 Å². The monoisotopic (exact) mass is 450 g/mol. The molecule has 4 rings (SSSR count). The first-order valence-electron chi connectivity index (χ1n) is 11.8. The predicted molar refractivity (Wildman–Crippen MR) is 130 cm³/mol. The number of likely N-dealkylation sites (tertiary alicyclic amines) is 1. The second-order valence-corrected chi connectivity index (χ2v) is 9.40. The van der Waals surface area contributed by atoms with Crippen LogP contribution in [0.1, 0.15) is 38.7 Å². The van der Waals surface area contributed by atoms with Crippen LogP contribution in [0.4, 0.5) is 17.1 Å². The van der Waals surface area contributed by atoms with Crippen molar-refractivity contribution in [3.63, 3.8) is 0 Å². The molecule has 7 heteroatoms. The number of rotatable bonds is 7. The minimum absolute atomic E-state index is 0.0566. The lowest BCUT2D eigenvalue weighted by Gasteiger charge is -2.37. The van der Waals surface area contributed by atoms with Crippen LogP contribution < -0.4 is 15.5 Å². The smallest absolute Gasteiger partial charge is 0.225 e. The third-order valence-electron chi connectivity index (χ3n) is 6.75. The van der Waals surface area contributed by atoms with E-state index in [4.69, 9.17) is 0 Å². The molecular formula is C26H34N4O3. The van der Waals surface area contributed by atoms with Crippen LogP contribution in [0.15, 0.2) is 48.5 Å². The SMILES string of the molecule is CCN1CC(C(=O)NCc2ccc(Nc3ccc(N4CCC(C)(O)CC4)cc3)cc2)CC1=O. The second kappa shape index (κ2) is 9.83. The highest BCUT2D eigenvalue weighted by atomic mass is 16.3. The van der Waals surface area contributed by atoms with Crippen molar-refractivity contribution in [3.05, 3.63) is 54.1 Å². The molecule has 1 unspecified atom stereocenters. The highest BCUT2D eigenvalue weighted by molar-refractivity contribution is 5.89. The summed E-state index contributed by atoms with van der Waals surface area (Å²) >= 11 is 0. The maximum atomic E-state index is 12.4. The molecule has 33 heavy (non-hydrogen) atoms. The van der Waals surface area contributed by atoms with Gasteiger partial charge >= 0.3 is 0 Å². The number of carbonyl (C=O) groups is 2. The van der Waals surface area contributed by atoms with Gasteiger partial charge in [-0.15, -0.1) is 0 Å². The van der Waals surface area contributed by atoms with Gasteiger partial charge in [-0.25, -0.2) is 0 Å². The summed E-state index contributed by atoms with van der Waals surface area (Å²) < 4.78 is 0. The Hall–Kier alpha value is -3.06. The molecule has 0 radical (unpaired) electrons. The van der Waals surface area contributed by atoms with Crippen LogP contribution in [0.25, 0.3) is 0 Å². The lowest BCUT2D eigenvalue weighted by atomic mass is 9.93. The number of nitrogens with one attached hydrogen (secondary N) is 2. The Morgan fingerprint density at radius 1 is 1.06 bits per heavy atom. The van der Waals surface area contributed by atoms with Crippen LogP contribution in [0.3, 0.4) is 0 Å². The van der Waals surface area contributed by atoms with Crippen molar-refractivity contribution < 1.29 is 14.7 Å². The molecule has 2 saturated heterocycles. The fraction of sp³-hybridized carbons (Fsp3) is 0.462. The van der Waals surface area contributed by atoms with Crippen LogP contribution in [0.5, 0.6) is 0 Å². The van der Waals surface area contributed by atoms with E-state index in [1.165, 1.54) is 5.69 Å².